The first-order valence-corrected chi connectivity index (χ1v) is 6.97. The van der Waals surface area contributed by atoms with Gasteiger partial charge in [-0.15, -0.1) is 11.3 Å². The van der Waals surface area contributed by atoms with Crippen molar-refractivity contribution in [3.05, 3.63) is 57.8 Å². The van der Waals surface area contributed by atoms with Gasteiger partial charge < -0.3 is 5.73 Å². The number of hydrogen-bond donors (Lipinski definition) is 1. The van der Waals surface area contributed by atoms with Crippen LogP contribution in [0.4, 0.5) is 0 Å². The molecule has 1 atom stereocenters. The van der Waals surface area contributed by atoms with Gasteiger partial charge in [0.2, 0.25) is 0 Å². The molecule has 0 bridgehead atoms. The zero-order valence-corrected chi connectivity index (χ0v) is 10.8. The molecule has 3 rings (SSSR count). The molecule has 88 valence electrons. The van der Waals surface area contributed by atoms with Gasteiger partial charge in [0, 0.05) is 16.3 Å². The van der Waals surface area contributed by atoms with E-state index in [1.54, 1.807) is 11.3 Å². The molecule has 1 aliphatic carbocycles. The van der Waals surface area contributed by atoms with E-state index in [2.05, 4.69) is 48.7 Å². The van der Waals surface area contributed by atoms with Gasteiger partial charge in [0.25, 0.3) is 0 Å². The Morgan fingerprint density at radius 1 is 1.18 bits per heavy atom. The summed E-state index contributed by atoms with van der Waals surface area (Å²) >= 11 is 1.79. The van der Waals surface area contributed by atoms with Crippen LogP contribution in [0.5, 0.6) is 0 Å². The Labute approximate surface area is 106 Å². The highest BCUT2D eigenvalue weighted by Crippen LogP contribution is 2.56. The van der Waals surface area contributed by atoms with Crippen molar-refractivity contribution in [3.8, 4) is 0 Å². The van der Waals surface area contributed by atoms with Crippen LogP contribution in [0.25, 0.3) is 0 Å². The predicted molar refractivity (Wildman–Crippen MR) is 73.3 cm³/mol. The van der Waals surface area contributed by atoms with Gasteiger partial charge in [-0.05, 0) is 42.3 Å². The summed E-state index contributed by atoms with van der Waals surface area (Å²) in [5.74, 6) is 0. The zero-order chi connectivity index (χ0) is 11.9. The number of rotatable bonds is 3. The minimum absolute atomic E-state index is 0.157. The molecule has 0 spiro atoms. The van der Waals surface area contributed by atoms with E-state index in [1.807, 2.05) is 0 Å². The SMILES string of the molecule is Cc1ccsc1C(N)C1(c2ccccc2)CC1. The van der Waals surface area contributed by atoms with Gasteiger partial charge in [0.15, 0.2) is 0 Å². The Morgan fingerprint density at radius 3 is 2.41 bits per heavy atom. The fourth-order valence-corrected chi connectivity index (χ4v) is 3.68. The van der Waals surface area contributed by atoms with Crippen molar-refractivity contribution in [1.29, 1.82) is 0 Å². The average molecular weight is 243 g/mol. The van der Waals surface area contributed by atoms with Crippen molar-refractivity contribution in [2.24, 2.45) is 5.73 Å². The van der Waals surface area contributed by atoms with Crippen LogP contribution in [0.1, 0.15) is 34.9 Å². The molecule has 1 aromatic carbocycles. The average Bonchev–Trinajstić information content (AvgIpc) is 3.07. The predicted octanol–water partition coefficient (Wildman–Crippen LogP) is 3.79. The maximum atomic E-state index is 6.52. The molecular weight excluding hydrogens is 226 g/mol. The lowest BCUT2D eigenvalue weighted by atomic mass is 9.87. The summed E-state index contributed by atoms with van der Waals surface area (Å²) in [4.78, 5) is 1.35. The monoisotopic (exact) mass is 243 g/mol. The molecule has 0 saturated heterocycles. The Balaban J connectivity index is 1.97. The smallest absolute Gasteiger partial charge is 0.0490 e. The molecule has 1 unspecified atom stereocenters. The third-order valence-corrected chi connectivity index (χ3v) is 5.02. The Kier molecular flexibility index (Phi) is 2.57. The highest BCUT2D eigenvalue weighted by Gasteiger charge is 2.50. The molecule has 1 aliphatic rings. The summed E-state index contributed by atoms with van der Waals surface area (Å²) in [6.45, 7) is 2.16. The van der Waals surface area contributed by atoms with Crippen molar-refractivity contribution in [2.45, 2.75) is 31.2 Å². The highest BCUT2D eigenvalue weighted by molar-refractivity contribution is 7.10. The molecule has 2 aromatic rings. The quantitative estimate of drug-likeness (QED) is 0.872. The molecule has 2 heteroatoms. The third-order valence-electron chi connectivity index (χ3n) is 3.92. The largest absolute Gasteiger partial charge is 0.323 e. The first-order chi connectivity index (χ1) is 8.24. The molecule has 1 saturated carbocycles. The van der Waals surface area contributed by atoms with Gasteiger partial charge in [-0.3, -0.25) is 0 Å². The molecule has 2 N–H and O–H groups in total. The minimum Gasteiger partial charge on any atom is -0.323 e. The van der Waals surface area contributed by atoms with E-state index in [9.17, 15) is 0 Å². The van der Waals surface area contributed by atoms with Gasteiger partial charge in [-0.1, -0.05) is 30.3 Å². The van der Waals surface area contributed by atoms with E-state index in [1.165, 1.54) is 28.8 Å². The molecule has 1 heterocycles. The van der Waals surface area contributed by atoms with Crippen LogP contribution in [-0.2, 0) is 5.41 Å². The van der Waals surface area contributed by atoms with Crippen LogP contribution in [0.2, 0.25) is 0 Å². The molecule has 0 amide bonds. The Hall–Kier alpha value is -1.12. The lowest BCUT2D eigenvalue weighted by Crippen LogP contribution is -2.26. The minimum atomic E-state index is 0.157. The third kappa shape index (κ3) is 1.72. The summed E-state index contributed by atoms with van der Waals surface area (Å²) in [6.07, 6.45) is 2.44. The van der Waals surface area contributed by atoms with Crippen LogP contribution >= 0.6 is 11.3 Å². The lowest BCUT2D eigenvalue weighted by molar-refractivity contribution is 0.547. The van der Waals surface area contributed by atoms with Crippen molar-refractivity contribution in [3.63, 3.8) is 0 Å². The molecule has 17 heavy (non-hydrogen) atoms. The Morgan fingerprint density at radius 2 is 1.88 bits per heavy atom. The van der Waals surface area contributed by atoms with Crippen LogP contribution in [-0.4, -0.2) is 0 Å². The Bertz CT molecular complexity index is 511. The summed E-state index contributed by atoms with van der Waals surface area (Å²) < 4.78 is 0. The van der Waals surface area contributed by atoms with Crippen molar-refractivity contribution in [2.75, 3.05) is 0 Å². The number of nitrogens with two attached hydrogens (primary N) is 1. The summed E-state index contributed by atoms with van der Waals surface area (Å²) in [5, 5.41) is 2.14. The molecule has 0 aliphatic heterocycles. The van der Waals surface area contributed by atoms with Crippen LogP contribution < -0.4 is 5.73 Å². The van der Waals surface area contributed by atoms with Gasteiger partial charge in [-0.25, -0.2) is 0 Å². The fourth-order valence-electron chi connectivity index (χ4n) is 2.64. The summed E-state index contributed by atoms with van der Waals surface area (Å²) in [5.41, 5.74) is 9.47. The lowest BCUT2D eigenvalue weighted by Gasteiger charge is -2.23. The van der Waals surface area contributed by atoms with Crippen LogP contribution in [0.15, 0.2) is 41.8 Å². The van der Waals surface area contributed by atoms with Gasteiger partial charge in [0.05, 0.1) is 0 Å². The van der Waals surface area contributed by atoms with E-state index >= 15 is 0 Å². The zero-order valence-electron chi connectivity index (χ0n) is 10.0. The second kappa shape index (κ2) is 3.97. The first kappa shape index (κ1) is 11.0. The van der Waals surface area contributed by atoms with Crippen LogP contribution in [0, 0.1) is 6.92 Å². The van der Waals surface area contributed by atoms with Gasteiger partial charge in [0.1, 0.15) is 0 Å². The van der Waals surface area contributed by atoms with Gasteiger partial charge in [-0.2, -0.15) is 0 Å². The molecule has 0 radical (unpaired) electrons. The standard InChI is InChI=1S/C15H17NS/c1-11-7-10-17-13(11)14(16)15(8-9-15)12-5-3-2-4-6-12/h2-7,10,14H,8-9,16H2,1H3. The van der Waals surface area contributed by atoms with E-state index in [-0.39, 0.29) is 11.5 Å². The second-order valence-corrected chi connectivity index (χ2v) is 5.92. The van der Waals surface area contributed by atoms with Crippen molar-refractivity contribution < 1.29 is 0 Å². The molecular formula is C15H17NS. The summed E-state index contributed by atoms with van der Waals surface area (Å²) in [6, 6.07) is 13.1. The number of aryl methyl sites for hydroxylation is 1. The number of hydrogen-bond acceptors (Lipinski definition) is 2. The normalized spacial score (nSPS) is 18.9. The topological polar surface area (TPSA) is 26.0 Å². The molecule has 1 aromatic heterocycles. The van der Waals surface area contributed by atoms with Crippen molar-refractivity contribution >= 4 is 11.3 Å². The van der Waals surface area contributed by atoms with Crippen LogP contribution in [0.3, 0.4) is 0 Å². The maximum Gasteiger partial charge on any atom is 0.0490 e. The van der Waals surface area contributed by atoms with E-state index < -0.39 is 0 Å². The summed E-state index contributed by atoms with van der Waals surface area (Å²) in [7, 11) is 0. The maximum absolute atomic E-state index is 6.52. The van der Waals surface area contributed by atoms with Gasteiger partial charge >= 0.3 is 0 Å². The highest BCUT2D eigenvalue weighted by atomic mass is 32.1. The van der Waals surface area contributed by atoms with E-state index in [0.29, 0.717) is 0 Å². The van der Waals surface area contributed by atoms with E-state index in [0.717, 1.165) is 0 Å². The van der Waals surface area contributed by atoms with Crippen molar-refractivity contribution in [1.82, 2.24) is 0 Å². The fraction of sp³-hybridized carbons (Fsp3) is 0.333. The molecule has 1 nitrogen and oxygen atoms in total. The first-order valence-electron chi connectivity index (χ1n) is 6.09. The van der Waals surface area contributed by atoms with E-state index in [4.69, 9.17) is 5.73 Å². The number of thiophene rings is 1. The second-order valence-electron chi connectivity index (χ2n) is 4.97. The number of benzene rings is 1. The molecule has 1 fully saturated rings.